The molecule has 34 heavy (non-hydrogen) atoms. The molecule has 0 aromatic carbocycles. The van der Waals surface area contributed by atoms with E-state index in [1.807, 2.05) is 0 Å². The molecule has 4 aliphatic carbocycles. The van der Waals surface area contributed by atoms with Crippen molar-refractivity contribution in [3.05, 3.63) is 0 Å². The molecular formula is C27H50N2O3P2. The molecule has 0 spiro atoms. The molecule has 2 amide bonds. The van der Waals surface area contributed by atoms with Gasteiger partial charge in [0, 0.05) is 22.6 Å². The minimum atomic E-state index is -2.48. The van der Waals surface area contributed by atoms with Crippen molar-refractivity contribution in [1.82, 2.24) is 10.6 Å². The molecule has 4 aliphatic rings. The molecule has 0 aromatic rings. The fourth-order valence-electron chi connectivity index (χ4n) is 7.64. The average Bonchev–Trinajstić information content (AvgIpc) is 2.92. The smallest absolute Gasteiger partial charge is 0.315 e. The molecule has 0 unspecified atom stereocenters. The number of hydrogen-bond donors (Lipinski definition) is 2. The van der Waals surface area contributed by atoms with Crippen molar-refractivity contribution in [2.75, 3.05) is 12.6 Å². The van der Waals surface area contributed by atoms with Crippen molar-refractivity contribution < 1.29 is 13.9 Å². The molecule has 7 heteroatoms. The highest BCUT2D eigenvalue weighted by Gasteiger charge is 2.43. The van der Waals surface area contributed by atoms with Crippen molar-refractivity contribution in [3.63, 3.8) is 0 Å². The van der Waals surface area contributed by atoms with Gasteiger partial charge in [0.25, 0.3) is 0 Å². The summed E-state index contributed by atoms with van der Waals surface area (Å²) in [5, 5.41) is 6.12. The zero-order valence-electron chi connectivity index (χ0n) is 21.5. The highest BCUT2D eigenvalue weighted by atomic mass is 31.2. The zero-order valence-corrected chi connectivity index (χ0v) is 23.3. The van der Waals surface area contributed by atoms with Gasteiger partial charge in [0.1, 0.15) is 14.3 Å². The first-order chi connectivity index (χ1) is 16.5. The predicted octanol–water partition coefficient (Wildman–Crippen LogP) is 8.26. The molecule has 0 heterocycles. The van der Waals surface area contributed by atoms with Crippen LogP contribution in [0.5, 0.6) is 0 Å². The number of carbonyl (C=O) groups excluding carboxylic acids is 1. The van der Waals surface area contributed by atoms with Gasteiger partial charge in [0.15, 0.2) is 0 Å². The van der Waals surface area contributed by atoms with Gasteiger partial charge in [0.05, 0.1) is 12.6 Å². The molecule has 0 aromatic heterocycles. The Balaban J connectivity index is 1.38. The molecule has 2 N–H and O–H groups in total. The van der Waals surface area contributed by atoms with E-state index < -0.39 is 14.3 Å². The average molecular weight is 513 g/mol. The molecular weight excluding hydrogens is 462 g/mol. The third kappa shape index (κ3) is 6.53. The van der Waals surface area contributed by atoms with Crippen LogP contribution in [0.2, 0.25) is 0 Å². The van der Waals surface area contributed by atoms with E-state index in [1.165, 1.54) is 77.0 Å². The lowest BCUT2D eigenvalue weighted by Gasteiger charge is -2.39. The number of rotatable bonds is 8. The summed E-state index contributed by atoms with van der Waals surface area (Å²) in [6.45, 7) is 0. The van der Waals surface area contributed by atoms with Gasteiger partial charge in [-0.05, 0) is 51.4 Å². The Kier molecular flexibility index (Phi) is 10.1. The van der Waals surface area contributed by atoms with Gasteiger partial charge < -0.3 is 19.8 Å². The summed E-state index contributed by atoms with van der Waals surface area (Å²) in [6.07, 6.45) is 23.7. The molecule has 4 saturated carbocycles. The van der Waals surface area contributed by atoms with Gasteiger partial charge in [-0.25, -0.2) is 4.79 Å². The van der Waals surface area contributed by atoms with Crippen LogP contribution >= 0.6 is 14.3 Å². The van der Waals surface area contributed by atoms with Crippen molar-refractivity contribution in [1.29, 1.82) is 0 Å². The predicted molar refractivity (Wildman–Crippen MR) is 144 cm³/mol. The highest BCUT2D eigenvalue weighted by molar-refractivity contribution is 7.65. The van der Waals surface area contributed by atoms with Crippen LogP contribution in [0.4, 0.5) is 4.79 Å². The van der Waals surface area contributed by atoms with Crippen LogP contribution in [0.1, 0.15) is 128 Å². The van der Waals surface area contributed by atoms with Gasteiger partial charge in [0.2, 0.25) is 0 Å². The Labute approximate surface area is 208 Å². The minimum absolute atomic E-state index is 0.237. The lowest BCUT2D eigenvalue weighted by molar-refractivity contribution is 0.243. The third-order valence-corrected chi connectivity index (χ3v) is 18.1. The second-order valence-corrected chi connectivity index (χ2v) is 18.8. The fourth-order valence-corrected chi connectivity index (χ4v) is 15.6. The quantitative estimate of drug-likeness (QED) is 0.321. The first kappa shape index (κ1) is 26.8. The molecule has 4 fully saturated rings. The van der Waals surface area contributed by atoms with Crippen LogP contribution in [0.15, 0.2) is 0 Å². The van der Waals surface area contributed by atoms with Gasteiger partial charge in [-0.15, -0.1) is 0 Å². The third-order valence-electron chi connectivity index (χ3n) is 9.74. The summed E-state index contributed by atoms with van der Waals surface area (Å²) in [6, 6.07) is -0.237. The number of urea groups is 1. The Morgan fingerprint density at radius 2 is 0.706 bits per heavy atom. The first-order valence-electron chi connectivity index (χ1n) is 14.7. The second kappa shape index (κ2) is 12.8. The molecule has 196 valence electrons. The van der Waals surface area contributed by atoms with E-state index in [4.69, 9.17) is 0 Å². The summed E-state index contributed by atoms with van der Waals surface area (Å²) >= 11 is 0. The van der Waals surface area contributed by atoms with E-state index in [0.717, 1.165) is 51.4 Å². The van der Waals surface area contributed by atoms with E-state index in [0.29, 0.717) is 35.2 Å². The topological polar surface area (TPSA) is 75.3 Å². The van der Waals surface area contributed by atoms with Crippen LogP contribution in [0, 0.1) is 0 Å². The molecule has 0 saturated heterocycles. The summed E-state index contributed by atoms with van der Waals surface area (Å²) in [5.41, 5.74) is 1.17. The zero-order chi connectivity index (χ0) is 23.9. The molecule has 0 aliphatic heterocycles. The molecule has 0 bridgehead atoms. The lowest BCUT2D eigenvalue weighted by atomic mass is 9.99. The number of carbonyl (C=O) groups is 1. The molecule has 0 atom stereocenters. The lowest BCUT2D eigenvalue weighted by Crippen LogP contribution is -2.41. The maximum Gasteiger partial charge on any atom is 0.315 e. The molecule has 5 nitrogen and oxygen atoms in total. The second-order valence-electron chi connectivity index (χ2n) is 11.9. The number of amides is 2. The van der Waals surface area contributed by atoms with Gasteiger partial charge in [-0.1, -0.05) is 77.0 Å². The van der Waals surface area contributed by atoms with E-state index in [2.05, 4.69) is 10.6 Å². The Morgan fingerprint density at radius 3 is 0.941 bits per heavy atom. The largest absolute Gasteiger partial charge is 0.331 e. The Bertz CT molecular complexity index is 630. The number of hydrogen-bond acceptors (Lipinski definition) is 3. The summed E-state index contributed by atoms with van der Waals surface area (Å²) in [7, 11) is -4.96. The van der Waals surface area contributed by atoms with Crippen molar-refractivity contribution >= 4 is 20.3 Å². The van der Waals surface area contributed by atoms with Crippen LogP contribution in [-0.2, 0) is 9.13 Å². The fraction of sp³-hybridized carbons (Fsp3) is 0.963. The van der Waals surface area contributed by atoms with E-state index >= 15 is 0 Å². The van der Waals surface area contributed by atoms with E-state index in [-0.39, 0.29) is 6.03 Å². The van der Waals surface area contributed by atoms with Gasteiger partial charge in [-0.2, -0.15) is 0 Å². The SMILES string of the molecule is O=C(NCP(=O)(C1CCCCC1)C1CCCCC1)NCP(=O)(C1CCCCC1)C1CCCCC1. The summed E-state index contributed by atoms with van der Waals surface area (Å²) in [4.78, 5) is 13.0. The van der Waals surface area contributed by atoms with Crippen LogP contribution in [-0.4, -0.2) is 41.2 Å². The monoisotopic (exact) mass is 512 g/mol. The van der Waals surface area contributed by atoms with Crippen molar-refractivity contribution in [2.45, 2.75) is 151 Å². The van der Waals surface area contributed by atoms with Crippen LogP contribution in [0.3, 0.4) is 0 Å². The van der Waals surface area contributed by atoms with Crippen LogP contribution < -0.4 is 10.6 Å². The normalized spacial score (nSPS) is 25.2. The van der Waals surface area contributed by atoms with Gasteiger partial charge in [-0.3, -0.25) is 0 Å². The van der Waals surface area contributed by atoms with Crippen LogP contribution in [0.25, 0.3) is 0 Å². The Morgan fingerprint density at radius 1 is 0.471 bits per heavy atom. The molecule has 4 rings (SSSR count). The Hall–Kier alpha value is -0.270. The van der Waals surface area contributed by atoms with E-state index in [1.54, 1.807) is 0 Å². The highest BCUT2D eigenvalue weighted by Crippen LogP contribution is 2.63. The maximum atomic E-state index is 14.4. The van der Waals surface area contributed by atoms with Gasteiger partial charge >= 0.3 is 6.03 Å². The summed E-state index contributed by atoms with van der Waals surface area (Å²) < 4.78 is 28.9. The maximum absolute atomic E-state index is 14.4. The minimum Gasteiger partial charge on any atom is -0.331 e. The van der Waals surface area contributed by atoms with Crippen molar-refractivity contribution in [2.24, 2.45) is 0 Å². The molecule has 0 radical (unpaired) electrons. The van der Waals surface area contributed by atoms with E-state index in [9.17, 15) is 13.9 Å². The standard InChI is InChI=1S/C27H50N2O3P2/c30-27(28-21-33(31,23-13-5-1-6-14-23)24-15-7-2-8-16-24)29-22-34(32,25-17-9-3-10-18-25)26-19-11-4-12-20-26/h23-26H,1-22H2,(H2,28,29,30). The van der Waals surface area contributed by atoms with Crippen molar-refractivity contribution in [3.8, 4) is 0 Å². The number of nitrogens with one attached hydrogen (secondary N) is 2. The summed E-state index contributed by atoms with van der Waals surface area (Å²) in [5.74, 6) is 0. The first-order valence-corrected chi connectivity index (χ1v) is 18.8.